The molecule has 3 heteroatoms. The molecule has 0 bridgehead atoms. The van der Waals surface area contributed by atoms with Gasteiger partial charge in [-0.1, -0.05) is 12.1 Å². The molecule has 0 aliphatic carbocycles. The molecule has 0 saturated heterocycles. The SMILES string of the molecule is COc1ccc(-c2cncc(CC#N)c2C)cc1. The molecule has 2 rings (SSSR count). The fourth-order valence-corrected chi connectivity index (χ4v) is 1.89. The molecule has 1 aromatic heterocycles. The molecule has 0 radical (unpaired) electrons. The molecule has 18 heavy (non-hydrogen) atoms. The molecule has 90 valence electrons. The number of pyridine rings is 1. The Hall–Kier alpha value is -2.34. The lowest BCUT2D eigenvalue weighted by Crippen LogP contribution is -1.93. The van der Waals surface area contributed by atoms with Gasteiger partial charge in [0.25, 0.3) is 0 Å². The molecule has 0 fully saturated rings. The molecule has 3 nitrogen and oxygen atoms in total. The first-order valence-electron chi connectivity index (χ1n) is 5.71. The fraction of sp³-hybridized carbons (Fsp3) is 0.200. The number of hydrogen-bond acceptors (Lipinski definition) is 3. The van der Waals surface area contributed by atoms with E-state index in [9.17, 15) is 0 Å². The van der Waals surface area contributed by atoms with Crippen molar-refractivity contribution in [2.45, 2.75) is 13.3 Å². The third-order valence-electron chi connectivity index (χ3n) is 2.99. The maximum atomic E-state index is 8.78. The normalized spacial score (nSPS) is 9.83. The van der Waals surface area contributed by atoms with E-state index in [0.29, 0.717) is 6.42 Å². The highest BCUT2D eigenvalue weighted by molar-refractivity contribution is 5.68. The van der Waals surface area contributed by atoms with Crippen LogP contribution in [-0.4, -0.2) is 12.1 Å². The van der Waals surface area contributed by atoms with Gasteiger partial charge in [0.1, 0.15) is 5.75 Å². The van der Waals surface area contributed by atoms with Crippen molar-refractivity contribution >= 4 is 0 Å². The van der Waals surface area contributed by atoms with Crippen LogP contribution in [0.4, 0.5) is 0 Å². The van der Waals surface area contributed by atoms with Gasteiger partial charge in [0, 0.05) is 18.0 Å². The Morgan fingerprint density at radius 1 is 1.22 bits per heavy atom. The van der Waals surface area contributed by atoms with Crippen LogP contribution in [0.5, 0.6) is 5.75 Å². The molecule has 0 atom stereocenters. The average Bonchev–Trinajstić information content (AvgIpc) is 2.42. The van der Waals surface area contributed by atoms with E-state index >= 15 is 0 Å². The summed E-state index contributed by atoms with van der Waals surface area (Å²) in [4.78, 5) is 4.20. The van der Waals surface area contributed by atoms with E-state index in [4.69, 9.17) is 10.00 Å². The summed E-state index contributed by atoms with van der Waals surface area (Å²) in [6, 6.07) is 10.0. The Morgan fingerprint density at radius 2 is 1.94 bits per heavy atom. The monoisotopic (exact) mass is 238 g/mol. The van der Waals surface area contributed by atoms with Crippen molar-refractivity contribution in [3.8, 4) is 22.9 Å². The second-order valence-corrected chi connectivity index (χ2v) is 4.03. The largest absolute Gasteiger partial charge is 0.497 e. The first kappa shape index (κ1) is 12.1. The number of hydrogen-bond donors (Lipinski definition) is 0. The van der Waals surface area contributed by atoms with Crippen molar-refractivity contribution in [3.05, 3.63) is 47.8 Å². The molecule has 1 heterocycles. The summed E-state index contributed by atoms with van der Waals surface area (Å²) < 4.78 is 5.14. The molecule has 0 saturated carbocycles. The molecule has 0 aliphatic rings. The van der Waals surface area contributed by atoms with E-state index in [1.165, 1.54) is 0 Å². The zero-order valence-corrected chi connectivity index (χ0v) is 10.5. The Balaban J connectivity index is 2.44. The van der Waals surface area contributed by atoms with Crippen LogP contribution in [0.25, 0.3) is 11.1 Å². The number of benzene rings is 1. The van der Waals surface area contributed by atoms with Gasteiger partial charge in [-0.25, -0.2) is 0 Å². The molecular formula is C15H14N2O. The van der Waals surface area contributed by atoms with Gasteiger partial charge in [0.15, 0.2) is 0 Å². The molecule has 0 amide bonds. The topological polar surface area (TPSA) is 45.9 Å². The molecule has 0 spiro atoms. The van der Waals surface area contributed by atoms with Crippen molar-refractivity contribution in [2.24, 2.45) is 0 Å². The smallest absolute Gasteiger partial charge is 0.118 e. The van der Waals surface area contributed by atoms with Crippen LogP contribution >= 0.6 is 0 Å². The first-order chi connectivity index (χ1) is 8.76. The van der Waals surface area contributed by atoms with Gasteiger partial charge in [-0.3, -0.25) is 4.98 Å². The third kappa shape index (κ3) is 2.33. The average molecular weight is 238 g/mol. The lowest BCUT2D eigenvalue weighted by atomic mass is 9.98. The molecular weight excluding hydrogens is 224 g/mol. The predicted molar refractivity (Wildman–Crippen MR) is 70.3 cm³/mol. The van der Waals surface area contributed by atoms with Crippen LogP contribution in [0.2, 0.25) is 0 Å². The maximum Gasteiger partial charge on any atom is 0.118 e. The van der Waals surface area contributed by atoms with Crippen LogP contribution in [0.3, 0.4) is 0 Å². The van der Waals surface area contributed by atoms with Gasteiger partial charge >= 0.3 is 0 Å². The predicted octanol–water partition coefficient (Wildman–Crippen LogP) is 3.13. The van der Waals surface area contributed by atoms with E-state index in [-0.39, 0.29) is 0 Å². The lowest BCUT2D eigenvalue weighted by Gasteiger charge is -2.09. The molecule has 0 aliphatic heterocycles. The quantitative estimate of drug-likeness (QED) is 0.825. The Kier molecular flexibility index (Phi) is 3.59. The summed E-state index contributed by atoms with van der Waals surface area (Å²) in [6.07, 6.45) is 3.98. The summed E-state index contributed by atoms with van der Waals surface area (Å²) >= 11 is 0. The highest BCUT2D eigenvalue weighted by Crippen LogP contribution is 2.26. The summed E-state index contributed by atoms with van der Waals surface area (Å²) in [7, 11) is 1.65. The van der Waals surface area contributed by atoms with Crippen LogP contribution in [0.1, 0.15) is 11.1 Å². The lowest BCUT2D eigenvalue weighted by molar-refractivity contribution is 0.415. The van der Waals surface area contributed by atoms with Crippen molar-refractivity contribution in [1.82, 2.24) is 4.98 Å². The summed E-state index contributed by atoms with van der Waals surface area (Å²) in [5.74, 6) is 0.831. The highest BCUT2D eigenvalue weighted by Gasteiger charge is 2.06. The highest BCUT2D eigenvalue weighted by atomic mass is 16.5. The number of nitrogens with zero attached hydrogens (tertiary/aromatic N) is 2. The van der Waals surface area contributed by atoms with Gasteiger partial charge in [-0.2, -0.15) is 5.26 Å². The Morgan fingerprint density at radius 3 is 2.56 bits per heavy atom. The summed E-state index contributed by atoms with van der Waals surface area (Å²) in [6.45, 7) is 2.02. The molecule has 0 N–H and O–H groups in total. The van der Waals surface area contributed by atoms with Gasteiger partial charge < -0.3 is 4.74 Å². The number of aromatic nitrogens is 1. The van der Waals surface area contributed by atoms with Crippen molar-refractivity contribution < 1.29 is 4.74 Å². The maximum absolute atomic E-state index is 8.78. The minimum absolute atomic E-state index is 0.392. The van der Waals surface area contributed by atoms with E-state index in [0.717, 1.165) is 28.0 Å². The molecule has 1 aromatic carbocycles. The van der Waals surface area contributed by atoms with E-state index < -0.39 is 0 Å². The zero-order chi connectivity index (χ0) is 13.0. The van der Waals surface area contributed by atoms with Crippen LogP contribution in [0, 0.1) is 18.3 Å². The van der Waals surface area contributed by atoms with E-state index in [2.05, 4.69) is 11.1 Å². The zero-order valence-electron chi connectivity index (χ0n) is 10.5. The second-order valence-electron chi connectivity index (χ2n) is 4.03. The van der Waals surface area contributed by atoms with E-state index in [1.807, 2.05) is 37.4 Å². The first-order valence-corrected chi connectivity index (χ1v) is 5.71. The molecule has 0 unspecified atom stereocenters. The van der Waals surface area contributed by atoms with Gasteiger partial charge in [0.05, 0.1) is 19.6 Å². The number of ether oxygens (including phenoxy) is 1. The number of rotatable bonds is 3. The summed E-state index contributed by atoms with van der Waals surface area (Å²) in [5.41, 5.74) is 4.23. The minimum atomic E-state index is 0.392. The molecule has 2 aromatic rings. The number of nitriles is 1. The third-order valence-corrected chi connectivity index (χ3v) is 2.99. The van der Waals surface area contributed by atoms with Crippen LogP contribution < -0.4 is 4.74 Å². The summed E-state index contributed by atoms with van der Waals surface area (Å²) in [5, 5.41) is 8.78. The minimum Gasteiger partial charge on any atom is -0.497 e. The fourth-order valence-electron chi connectivity index (χ4n) is 1.89. The van der Waals surface area contributed by atoms with Crippen molar-refractivity contribution in [3.63, 3.8) is 0 Å². The Labute approximate surface area is 107 Å². The van der Waals surface area contributed by atoms with Crippen molar-refractivity contribution in [1.29, 1.82) is 5.26 Å². The van der Waals surface area contributed by atoms with Gasteiger partial charge in [-0.15, -0.1) is 0 Å². The van der Waals surface area contributed by atoms with Gasteiger partial charge in [0.2, 0.25) is 0 Å². The van der Waals surface area contributed by atoms with Crippen LogP contribution in [0.15, 0.2) is 36.7 Å². The number of methoxy groups -OCH3 is 1. The Bertz CT molecular complexity index is 582. The van der Waals surface area contributed by atoms with Gasteiger partial charge in [-0.05, 0) is 35.7 Å². The second kappa shape index (κ2) is 5.33. The standard InChI is InChI=1S/C15H14N2O/c1-11-13(7-8-16)9-17-10-15(11)12-3-5-14(18-2)6-4-12/h3-6,9-10H,7H2,1-2H3. The van der Waals surface area contributed by atoms with Crippen molar-refractivity contribution in [2.75, 3.05) is 7.11 Å². The van der Waals surface area contributed by atoms with Crippen LogP contribution in [-0.2, 0) is 6.42 Å². The van der Waals surface area contributed by atoms with E-state index in [1.54, 1.807) is 13.3 Å².